The molecule has 0 unspecified atom stereocenters. The van der Waals surface area contributed by atoms with Gasteiger partial charge in [-0.05, 0) is 31.4 Å². The zero-order valence-electron chi connectivity index (χ0n) is 11.1. The first-order valence-corrected chi connectivity index (χ1v) is 6.86. The maximum absolute atomic E-state index is 10.9. The largest absolute Gasteiger partial charge is 0.353 e. The summed E-state index contributed by atoms with van der Waals surface area (Å²) in [5.41, 5.74) is 4.14. The number of aryl methyl sites for hydroxylation is 1. The van der Waals surface area contributed by atoms with Crippen LogP contribution in [0.4, 0.5) is 5.69 Å². The highest BCUT2D eigenvalue weighted by Gasteiger charge is 2.45. The van der Waals surface area contributed by atoms with Crippen molar-refractivity contribution in [1.29, 1.82) is 0 Å². The molecule has 2 aliphatic rings. The average Bonchev–Trinajstić information content (AvgIpc) is 2.65. The minimum absolute atomic E-state index is 0.146. The van der Waals surface area contributed by atoms with E-state index in [1.807, 2.05) is 6.07 Å². The van der Waals surface area contributed by atoms with E-state index in [4.69, 9.17) is 0 Å². The van der Waals surface area contributed by atoms with E-state index in [0.717, 1.165) is 37.1 Å². The van der Waals surface area contributed by atoms with Crippen LogP contribution in [-0.4, -0.2) is 4.92 Å². The number of nitrogens with zero attached hydrogens (tertiary/aromatic N) is 1. The van der Waals surface area contributed by atoms with Gasteiger partial charge >= 0.3 is 0 Å². The van der Waals surface area contributed by atoms with Gasteiger partial charge in [-0.25, -0.2) is 0 Å². The smallest absolute Gasteiger partial charge is 0.254 e. The van der Waals surface area contributed by atoms with Crippen LogP contribution in [0.2, 0.25) is 0 Å². The molecule has 1 fully saturated rings. The van der Waals surface area contributed by atoms with E-state index >= 15 is 0 Å². The molecular formula is C15H18N2O2. The summed E-state index contributed by atoms with van der Waals surface area (Å²) in [5.74, 6) is 0. The molecule has 0 atom stereocenters. The van der Waals surface area contributed by atoms with Crippen LogP contribution in [-0.2, 0) is 5.41 Å². The number of allylic oxidation sites excluding steroid dienone is 1. The Morgan fingerprint density at radius 3 is 2.74 bits per heavy atom. The normalized spacial score (nSPS) is 22.3. The zero-order chi connectivity index (χ0) is 13.5. The van der Waals surface area contributed by atoms with Gasteiger partial charge in [0.05, 0.1) is 10.6 Å². The van der Waals surface area contributed by atoms with Crippen molar-refractivity contribution in [3.8, 4) is 0 Å². The predicted molar refractivity (Wildman–Crippen MR) is 74.6 cm³/mol. The molecule has 3 rings (SSSR count). The van der Waals surface area contributed by atoms with E-state index < -0.39 is 0 Å². The molecule has 1 N–H and O–H groups in total. The second kappa shape index (κ2) is 4.37. The molecule has 0 amide bonds. The summed E-state index contributed by atoms with van der Waals surface area (Å²) < 4.78 is 0. The summed E-state index contributed by atoms with van der Waals surface area (Å²) in [6.45, 7) is 2.08. The van der Waals surface area contributed by atoms with E-state index in [1.54, 1.807) is 0 Å². The lowest BCUT2D eigenvalue weighted by Gasteiger charge is -2.34. The number of rotatable bonds is 1. The third-order valence-corrected chi connectivity index (χ3v) is 4.42. The van der Waals surface area contributed by atoms with Crippen LogP contribution >= 0.6 is 0 Å². The van der Waals surface area contributed by atoms with E-state index in [-0.39, 0.29) is 10.3 Å². The first kappa shape index (κ1) is 12.2. The Hall–Kier alpha value is -1.84. The van der Waals surface area contributed by atoms with Crippen molar-refractivity contribution >= 4 is 5.69 Å². The van der Waals surface area contributed by atoms with Gasteiger partial charge in [0.15, 0.2) is 0 Å². The Kier molecular flexibility index (Phi) is 2.81. The SMILES string of the molecule is Cc1ccc2c(c1)C1(CCCCC1)/C(=C/[N+](=O)[O-])N2. The van der Waals surface area contributed by atoms with Crippen LogP contribution in [0, 0.1) is 17.0 Å². The molecule has 1 aromatic carbocycles. The Morgan fingerprint density at radius 2 is 2.05 bits per heavy atom. The van der Waals surface area contributed by atoms with Gasteiger partial charge < -0.3 is 5.32 Å². The van der Waals surface area contributed by atoms with Gasteiger partial charge in [0.1, 0.15) is 0 Å². The summed E-state index contributed by atoms with van der Waals surface area (Å²) in [4.78, 5) is 10.6. The standard InChI is InChI=1S/C15H18N2O2/c1-11-5-6-13-12(9-11)15(7-3-2-4-8-15)14(16-13)10-17(18)19/h5-6,9-10,16H,2-4,7-8H2,1H3/b14-10-. The van der Waals surface area contributed by atoms with Crippen LogP contribution < -0.4 is 5.32 Å². The topological polar surface area (TPSA) is 55.2 Å². The predicted octanol–water partition coefficient (Wildman–Crippen LogP) is 3.74. The second-order valence-corrected chi connectivity index (χ2v) is 5.64. The molecule has 1 aromatic rings. The van der Waals surface area contributed by atoms with Gasteiger partial charge in [-0.2, -0.15) is 0 Å². The van der Waals surface area contributed by atoms with Crippen molar-refractivity contribution in [2.75, 3.05) is 5.32 Å². The van der Waals surface area contributed by atoms with E-state index in [1.165, 1.54) is 23.7 Å². The Labute approximate surface area is 112 Å². The molecule has 1 aliphatic carbocycles. The van der Waals surface area contributed by atoms with Crippen molar-refractivity contribution < 1.29 is 4.92 Å². The Bertz CT molecular complexity index is 557. The van der Waals surface area contributed by atoms with Crippen LogP contribution in [0.25, 0.3) is 0 Å². The molecule has 4 nitrogen and oxygen atoms in total. The van der Waals surface area contributed by atoms with E-state index in [2.05, 4.69) is 24.4 Å². The molecule has 0 aromatic heterocycles. The van der Waals surface area contributed by atoms with Crippen molar-refractivity contribution in [2.24, 2.45) is 0 Å². The quantitative estimate of drug-likeness (QED) is 0.616. The second-order valence-electron chi connectivity index (χ2n) is 5.64. The lowest BCUT2D eigenvalue weighted by molar-refractivity contribution is -0.403. The van der Waals surface area contributed by atoms with Crippen LogP contribution in [0.1, 0.15) is 43.2 Å². The van der Waals surface area contributed by atoms with Gasteiger partial charge in [0, 0.05) is 11.1 Å². The van der Waals surface area contributed by atoms with Crippen molar-refractivity contribution in [2.45, 2.75) is 44.4 Å². The number of hydrogen-bond donors (Lipinski definition) is 1. The van der Waals surface area contributed by atoms with Crippen molar-refractivity contribution in [1.82, 2.24) is 0 Å². The van der Waals surface area contributed by atoms with E-state index in [0.29, 0.717) is 0 Å². The summed E-state index contributed by atoms with van der Waals surface area (Å²) in [6, 6.07) is 6.29. The molecule has 100 valence electrons. The van der Waals surface area contributed by atoms with Gasteiger partial charge in [0.25, 0.3) is 6.20 Å². The highest BCUT2D eigenvalue weighted by molar-refractivity contribution is 5.69. The van der Waals surface area contributed by atoms with Crippen molar-refractivity contribution in [3.63, 3.8) is 0 Å². The highest BCUT2D eigenvalue weighted by atomic mass is 16.6. The lowest BCUT2D eigenvalue weighted by atomic mass is 9.69. The number of benzene rings is 1. The molecule has 0 bridgehead atoms. The molecule has 0 saturated heterocycles. The first-order chi connectivity index (χ1) is 9.12. The summed E-state index contributed by atoms with van der Waals surface area (Å²) >= 11 is 0. The zero-order valence-corrected chi connectivity index (χ0v) is 11.1. The fourth-order valence-electron chi connectivity index (χ4n) is 3.53. The first-order valence-electron chi connectivity index (χ1n) is 6.86. The minimum Gasteiger partial charge on any atom is -0.353 e. The average molecular weight is 258 g/mol. The third kappa shape index (κ3) is 1.91. The molecule has 4 heteroatoms. The summed E-state index contributed by atoms with van der Waals surface area (Å²) in [6.07, 6.45) is 6.70. The number of hydrogen-bond acceptors (Lipinski definition) is 3. The molecule has 0 radical (unpaired) electrons. The molecule has 1 aliphatic heterocycles. The van der Waals surface area contributed by atoms with Crippen LogP contribution in [0.5, 0.6) is 0 Å². The fourth-order valence-corrected chi connectivity index (χ4v) is 3.53. The monoisotopic (exact) mass is 258 g/mol. The van der Waals surface area contributed by atoms with E-state index in [9.17, 15) is 10.1 Å². The Balaban J connectivity index is 2.14. The number of nitrogens with one attached hydrogen (secondary N) is 1. The Morgan fingerprint density at radius 1 is 1.32 bits per heavy atom. The molecule has 1 saturated carbocycles. The van der Waals surface area contributed by atoms with Gasteiger partial charge in [-0.15, -0.1) is 0 Å². The molecule has 1 heterocycles. The van der Waals surface area contributed by atoms with Crippen LogP contribution in [0.3, 0.4) is 0 Å². The highest BCUT2D eigenvalue weighted by Crippen LogP contribution is 2.52. The van der Waals surface area contributed by atoms with Crippen LogP contribution in [0.15, 0.2) is 30.1 Å². The fraction of sp³-hybridized carbons (Fsp3) is 0.467. The van der Waals surface area contributed by atoms with Gasteiger partial charge in [-0.3, -0.25) is 10.1 Å². The number of nitro groups is 1. The molecule has 1 spiro atoms. The molecular weight excluding hydrogens is 240 g/mol. The van der Waals surface area contributed by atoms with Gasteiger partial charge in [-0.1, -0.05) is 37.0 Å². The minimum atomic E-state index is -0.336. The van der Waals surface area contributed by atoms with Gasteiger partial charge in [0.2, 0.25) is 0 Å². The third-order valence-electron chi connectivity index (χ3n) is 4.42. The maximum atomic E-state index is 10.9. The lowest BCUT2D eigenvalue weighted by Crippen LogP contribution is -2.30. The summed E-state index contributed by atoms with van der Waals surface area (Å²) in [7, 11) is 0. The maximum Gasteiger partial charge on any atom is 0.254 e. The van der Waals surface area contributed by atoms with Crippen molar-refractivity contribution in [3.05, 3.63) is 51.3 Å². The number of fused-ring (bicyclic) bond motifs is 2. The number of anilines is 1. The molecule has 19 heavy (non-hydrogen) atoms. The summed E-state index contributed by atoms with van der Waals surface area (Å²) in [5, 5.41) is 14.2.